The highest BCUT2D eigenvalue weighted by atomic mass is 16.2. The summed E-state index contributed by atoms with van der Waals surface area (Å²) in [6.07, 6.45) is 6.52. The van der Waals surface area contributed by atoms with Crippen LogP contribution in [0.1, 0.15) is 48.9 Å². The zero-order valence-electron chi connectivity index (χ0n) is 21.4. The van der Waals surface area contributed by atoms with Crippen molar-refractivity contribution in [2.24, 2.45) is 5.92 Å². The Labute approximate surface area is 220 Å². The minimum Gasteiger partial charge on any atom is -0.383 e. The molecule has 4 rings (SSSR count). The number of carbonyl (C=O) groups is 2. The van der Waals surface area contributed by atoms with Crippen LogP contribution >= 0.6 is 0 Å². The first-order valence-electron chi connectivity index (χ1n) is 13.4. The first-order chi connectivity index (χ1) is 18.2. The van der Waals surface area contributed by atoms with E-state index in [1.165, 1.54) is 19.3 Å². The number of amides is 2. The summed E-state index contributed by atoms with van der Waals surface area (Å²) >= 11 is 0. The van der Waals surface area contributed by atoms with Gasteiger partial charge >= 0.3 is 0 Å². The molecule has 4 N–H and O–H groups in total. The molecule has 0 radical (unpaired) electrons. The van der Waals surface area contributed by atoms with E-state index in [1.54, 1.807) is 12.1 Å². The Kier molecular flexibility index (Phi) is 9.99. The van der Waals surface area contributed by atoms with Crippen LogP contribution in [0.3, 0.4) is 0 Å². The Morgan fingerprint density at radius 3 is 1.73 bits per heavy atom. The zero-order chi connectivity index (χ0) is 25.7. The van der Waals surface area contributed by atoms with Gasteiger partial charge in [-0.05, 0) is 48.7 Å². The molecule has 37 heavy (non-hydrogen) atoms. The first-order valence-corrected chi connectivity index (χ1v) is 13.4. The molecular formula is C31H38N4O2. The maximum atomic E-state index is 13.6. The van der Waals surface area contributed by atoms with Gasteiger partial charge in [-0.3, -0.25) is 9.59 Å². The molecule has 0 bridgehead atoms. The van der Waals surface area contributed by atoms with E-state index in [1.807, 2.05) is 78.9 Å². The van der Waals surface area contributed by atoms with Gasteiger partial charge in [0.15, 0.2) is 0 Å². The SMILES string of the molecule is O=C(N[C@@H](CC1CCCCC1)C(=O)NC(CNc1ccccc1)CNc1ccccc1)c1ccccc1. The standard InChI is InChI=1S/C31H38N4O2/c36-30(25-15-7-2-8-16-25)35-29(21-24-13-5-1-6-14-24)31(37)34-28(22-32-26-17-9-3-10-18-26)23-33-27-19-11-4-12-20-27/h2-4,7-12,15-20,24,28-29,32-33H,1,5-6,13-14,21-23H2,(H,34,37)(H,35,36)/t29-/m0/s1. The van der Waals surface area contributed by atoms with Gasteiger partial charge in [-0.25, -0.2) is 0 Å². The molecule has 6 nitrogen and oxygen atoms in total. The molecule has 1 aliphatic rings. The Morgan fingerprint density at radius 1 is 0.676 bits per heavy atom. The molecule has 6 heteroatoms. The lowest BCUT2D eigenvalue weighted by Crippen LogP contribution is -2.53. The topological polar surface area (TPSA) is 82.3 Å². The number of benzene rings is 3. The predicted molar refractivity (Wildman–Crippen MR) is 151 cm³/mol. The summed E-state index contributed by atoms with van der Waals surface area (Å²) in [5.74, 6) is 0.103. The molecule has 1 saturated carbocycles. The predicted octanol–water partition coefficient (Wildman–Crippen LogP) is 5.46. The van der Waals surface area contributed by atoms with E-state index in [9.17, 15) is 9.59 Å². The van der Waals surface area contributed by atoms with Crippen LogP contribution in [0.5, 0.6) is 0 Å². The third-order valence-electron chi connectivity index (χ3n) is 6.95. The molecule has 0 heterocycles. The molecule has 1 fully saturated rings. The minimum atomic E-state index is -0.577. The third kappa shape index (κ3) is 8.67. The van der Waals surface area contributed by atoms with Gasteiger partial charge < -0.3 is 21.3 Å². The van der Waals surface area contributed by atoms with Crippen LogP contribution in [0.25, 0.3) is 0 Å². The van der Waals surface area contributed by atoms with Crippen LogP contribution in [-0.4, -0.2) is 37.0 Å². The summed E-state index contributed by atoms with van der Waals surface area (Å²) in [6, 6.07) is 28.3. The van der Waals surface area contributed by atoms with Gasteiger partial charge in [0, 0.05) is 30.0 Å². The van der Waals surface area contributed by atoms with E-state index in [0.717, 1.165) is 24.2 Å². The van der Waals surface area contributed by atoms with Crippen LogP contribution in [0, 0.1) is 5.92 Å². The summed E-state index contributed by atoms with van der Waals surface area (Å²) in [5, 5.41) is 13.1. The van der Waals surface area contributed by atoms with E-state index in [-0.39, 0.29) is 17.9 Å². The normalized spacial score (nSPS) is 14.5. The highest BCUT2D eigenvalue weighted by molar-refractivity contribution is 5.97. The summed E-state index contributed by atoms with van der Waals surface area (Å²) in [4.78, 5) is 26.6. The molecule has 0 aliphatic heterocycles. The van der Waals surface area contributed by atoms with E-state index in [4.69, 9.17) is 0 Å². The van der Waals surface area contributed by atoms with E-state index in [0.29, 0.717) is 31.0 Å². The number of anilines is 2. The lowest BCUT2D eigenvalue weighted by molar-refractivity contribution is -0.124. The van der Waals surface area contributed by atoms with Crippen molar-refractivity contribution in [3.8, 4) is 0 Å². The van der Waals surface area contributed by atoms with Crippen LogP contribution in [0.4, 0.5) is 11.4 Å². The van der Waals surface area contributed by atoms with Crippen molar-refractivity contribution < 1.29 is 9.59 Å². The van der Waals surface area contributed by atoms with Gasteiger partial charge in [-0.15, -0.1) is 0 Å². The highest BCUT2D eigenvalue weighted by Crippen LogP contribution is 2.27. The summed E-state index contributed by atoms with van der Waals surface area (Å²) < 4.78 is 0. The molecule has 194 valence electrons. The lowest BCUT2D eigenvalue weighted by atomic mass is 9.84. The smallest absolute Gasteiger partial charge is 0.251 e. The van der Waals surface area contributed by atoms with Crippen LogP contribution in [-0.2, 0) is 4.79 Å². The number of para-hydroxylation sites is 2. The first kappa shape index (κ1) is 26.3. The van der Waals surface area contributed by atoms with Crippen molar-refractivity contribution in [3.05, 3.63) is 96.6 Å². The zero-order valence-corrected chi connectivity index (χ0v) is 21.4. The molecule has 1 atom stereocenters. The second kappa shape index (κ2) is 14.1. The van der Waals surface area contributed by atoms with Crippen molar-refractivity contribution in [1.82, 2.24) is 10.6 Å². The molecule has 0 aromatic heterocycles. The Bertz CT molecular complexity index is 1040. The fourth-order valence-corrected chi connectivity index (χ4v) is 4.89. The summed E-state index contributed by atoms with van der Waals surface area (Å²) in [7, 11) is 0. The number of rotatable bonds is 12. The number of hydrogen-bond donors (Lipinski definition) is 4. The summed E-state index contributed by atoms with van der Waals surface area (Å²) in [6.45, 7) is 1.11. The lowest BCUT2D eigenvalue weighted by Gasteiger charge is -2.29. The highest BCUT2D eigenvalue weighted by Gasteiger charge is 2.28. The molecule has 0 spiro atoms. The van der Waals surface area contributed by atoms with Crippen molar-refractivity contribution in [1.29, 1.82) is 0 Å². The fraction of sp³-hybridized carbons (Fsp3) is 0.355. The van der Waals surface area contributed by atoms with Crippen molar-refractivity contribution >= 4 is 23.2 Å². The van der Waals surface area contributed by atoms with Crippen LogP contribution < -0.4 is 21.3 Å². The van der Waals surface area contributed by atoms with Gasteiger partial charge in [0.2, 0.25) is 5.91 Å². The van der Waals surface area contributed by atoms with E-state index < -0.39 is 6.04 Å². The van der Waals surface area contributed by atoms with Gasteiger partial charge in [0.1, 0.15) is 6.04 Å². The van der Waals surface area contributed by atoms with Crippen LogP contribution in [0.2, 0.25) is 0 Å². The van der Waals surface area contributed by atoms with Gasteiger partial charge in [0.25, 0.3) is 5.91 Å². The maximum absolute atomic E-state index is 13.6. The Hall–Kier alpha value is -3.80. The number of nitrogens with one attached hydrogen (secondary N) is 4. The minimum absolute atomic E-state index is 0.135. The second-order valence-corrected chi connectivity index (χ2v) is 9.83. The number of hydrogen-bond acceptors (Lipinski definition) is 4. The van der Waals surface area contributed by atoms with Gasteiger partial charge in [-0.2, -0.15) is 0 Å². The van der Waals surface area contributed by atoms with Crippen LogP contribution in [0.15, 0.2) is 91.0 Å². The molecule has 1 aliphatic carbocycles. The Morgan fingerprint density at radius 2 is 1.19 bits per heavy atom. The quantitative estimate of drug-likeness (QED) is 0.267. The molecular weight excluding hydrogens is 460 g/mol. The van der Waals surface area contributed by atoms with Gasteiger partial charge in [-0.1, -0.05) is 86.7 Å². The van der Waals surface area contributed by atoms with E-state index in [2.05, 4.69) is 21.3 Å². The third-order valence-corrected chi connectivity index (χ3v) is 6.95. The fourth-order valence-electron chi connectivity index (χ4n) is 4.89. The van der Waals surface area contributed by atoms with Crippen molar-refractivity contribution in [3.63, 3.8) is 0 Å². The molecule has 3 aromatic rings. The largest absolute Gasteiger partial charge is 0.383 e. The molecule has 0 unspecified atom stereocenters. The van der Waals surface area contributed by atoms with Crippen molar-refractivity contribution in [2.75, 3.05) is 23.7 Å². The molecule has 0 saturated heterocycles. The average molecular weight is 499 g/mol. The van der Waals surface area contributed by atoms with Gasteiger partial charge in [0.05, 0.1) is 6.04 Å². The monoisotopic (exact) mass is 498 g/mol. The maximum Gasteiger partial charge on any atom is 0.251 e. The summed E-state index contributed by atoms with van der Waals surface area (Å²) in [5.41, 5.74) is 2.56. The second-order valence-electron chi connectivity index (χ2n) is 9.83. The Balaban J connectivity index is 1.45. The van der Waals surface area contributed by atoms with Crippen molar-refractivity contribution in [2.45, 2.75) is 50.6 Å². The average Bonchev–Trinajstić information content (AvgIpc) is 2.96. The molecule has 3 aromatic carbocycles. The number of carbonyl (C=O) groups excluding carboxylic acids is 2. The molecule has 2 amide bonds. The van der Waals surface area contributed by atoms with E-state index >= 15 is 0 Å².